The number of benzene rings is 1. The van der Waals surface area contributed by atoms with Gasteiger partial charge in [0.1, 0.15) is 0 Å². The van der Waals surface area contributed by atoms with E-state index in [1.165, 1.54) is 19.2 Å². The lowest BCUT2D eigenvalue weighted by Gasteiger charge is -2.18. The number of rotatable bonds is 6. The Morgan fingerprint density at radius 1 is 1.24 bits per heavy atom. The van der Waals surface area contributed by atoms with Crippen molar-refractivity contribution in [2.45, 2.75) is 26.1 Å². The van der Waals surface area contributed by atoms with Crippen LogP contribution in [0.15, 0.2) is 28.8 Å². The molecule has 0 fully saturated rings. The van der Waals surface area contributed by atoms with E-state index in [-0.39, 0.29) is 18.8 Å². The smallest absolute Gasteiger partial charge is 0.329 e. The Balaban J connectivity index is 2.13. The molecule has 1 aromatic carbocycles. The van der Waals surface area contributed by atoms with Gasteiger partial charge in [0.2, 0.25) is 11.6 Å². The first-order chi connectivity index (χ1) is 11.8. The van der Waals surface area contributed by atoms with E-state index < -0.39 is 23.8 Å². The second-order valence-electron chi connectivity index (χ2n) is 4.92. The summed E-state index contributed by atoms with van der Waals surface area (Å²) >= 11 is 0. The van der Waals surface area contributed by atoms with Crippen LogP contribution in [0.3, 0.4) is 0 Å². The Morgan fingerprint density at radius 2 is 1.88 bits per heavy atom. The van der Waals surface area contributed by atoms with Crippen LogP contribution in [0.4, 0.5) is 13.2 Å². The lowest BCUT2D eigenvalue weighted by Crippen LogP contribution is -2.34. The molecule has 0 unspecified atom stereocenters. The molecule has 0 atom stereocenters. The molecule has 0 bridgehead atoms. The fourth-order valence-corrected chi connectivity index (χ4v) is 1.89. The Kier molecular flexibility index (Phi) is 5.52. The van der Waals surface area contributed by atoms with E-state index in [0.717, 1.165) is 5.06 Å². The largest absolute Gasteiger partial charge is 0.471 e. The topological polar surface area (TPSA) is 85.5 Å². The predicted molar refractivity (Wildman–Crippen MR) is 77.6 cm³/mol. The van der Waals surface area contributed by atoms with Crippen molar-refractivity contribution in [2.75, 3.05) is 7.11 Å². The number of aromatic nitrogens is 2. The van der Waals surface area contributed by atoms with E-state index >= 15 is 0 Å². The van der Waals surface area contributed by atoms with E-state index in [0.29, 0.717) is 11.1 Å². The summed E-state index contributed by atoms with van der Waals surface area (Å²) in [5.74, 6) is -3.01. The summed E-state index contributed by atoms with van der Waals surface area (Å²) in [5, 5.41) is 4.18. The third-order valence-corrected chi connectivity index (χ3v) is 3.21. The summed E-state index contributed by atoms with van der Waals surface area (Å²) in [7, 11) is 1.26. The highest BCUT2D eigenvalue weighted by atomic mass is 19.4. The van der Waals surface area contributed by atoms with Crippen LogP contribution in [0.2, 0.25) is 0 Å². The molecule has 0 saturated heterocycles. The second-order valence-corrected chi connectivity index (χ2v) is 4.92. The van der Waals surface area contributed by atoms with E-state index in [1.807, 2.05) is 0 Å². The van der Waals surface area contributed by atoms with Crippen LogP contribution in [-0.2, 0) is 27.1 Å². The molecule has 0 radical (unpaired) electrons. The number of carbonyl (C=O) groups is 2. The van der Waals surface area contributed by atoms with Gasteiger partial charge < -0.3 is 4.52 Å². The van der Waals surface area contributed by atoms with Crippen molar-refractivity contribution in [1.82, 2.24) is 15.2 Å². The standard InChI is InChI=1S/C15H14F3N3O4/c1-3-11(22)13(23)21(24-2)8-9-4-6-10(7-5-9)12-19-14(25-20-12)15(16,17)18/h4-7H,3,8H2,1-2H3. The van der Waals surface area contributed by atoms with Gasteiger partial charge in [-0.05, 0) is 5.56 Å². The molecule has 7 nitrogen and oxygen atoms in total. The quantitative estimate of drug-likeness (QED) is 0.584. The molecule has 0 N–H and O–H groups in total. The molecule has 2 rings (SSSR count). The maximum atomic E-state index is 12.5. The van der Waals surface area contributed by atoms with Crippen LogP contribution in [0, 0.1) is 0 Å². The summed E-state index contributed by atoms with van der Waals surface area (Å²) < 4.78 is 41.5. The third-order valence-electron chi connectivity index (χ3n) is 3.21. The van der Waals surface area contributed by atoms with Crippen molar-refractivity contribution in [3.05, 3.63) is 35.7 Å². The minimum Gasteiger partial charge on any atom is -0.329 e. The summed E-state index contributed by atoms with van der Waals surface area (Å²) in [5.41, 5.74) is 0.908. The van der Waals surface area contributed by atoms with E-state index in [2.05, 4.69) is 14.7 Å². The average Bonchev–Trinajstić information content (AvgIpc) is 3.09. The van der Waals surface area contributed by atoms with Crippen LogP contribution in [0.5, 0.6) is 0 Å². The normalized spacial score (nSPS) is 11.4. The Bertz CT molecular complexity index is 756. The number of Topliss-reactive ketones (excluding diaryl/α,β-unsaturated/α-hetero) is 1. The highest BCUT2D eigenvalue weighted by Gasteiger charge is 2.38. The number of amides is 1. The number of carbonyl (C=O) groups excluding carboxylic acids is 2. The molecule has 1 heterocycles. The number of ketones is 1. The van der Waals surface area contributed by atoms with Gasteiger partial charge in [0.15, 0.2) is 0 Å². The van der Waals surface area contributed by atoms with Gasteiger partial charge in [-0.25, -0.2) is 5.06 Å². The lowest BCUT2D eigenvalue weighted by atomic mass is 10.1. The van der Waals surface area contributed by atoms with Gasteiger partial charge in [0.05, 0.1) is 13.7 Å². The van der Waals surface area contributed by atoms with Gasteiger partial charge in [-0.3, -0.25) is 14.4 Å². The van der Waals surface area contributed by atoms with Crippen LogP contribution in [0.1, 0.15) is 24.8 Å². The van der Waals surface area contributed by atoms with Crippen molar-refractivity contribution in [3.8, 4) is 11.4 Å². The van der Waals surface area contributed by atoms with E-state index in [4.69, 9.17) is 4.84 Å². The molecule has 0 aliphatic heterocycles. The minimum absolute atomic E-state index is 0.00139. The molecule has 0 aliphatic rings. The molecule has 1 amide bonds. The zero-order valence-corrected chi connectivity index (χ0v) is 13.3. The Hall–Kier alpha value is -2.75. The van der Waals surface area contributed by atoms with Crippen LogP contribution >= 0.6 is 0 Å². The summed E-state index contributed by atoms with van der Waals surface area (Å²) in [6.45, 7) is 1.56. The maximum absolute atomic E-state index is 12.5. The average molecular weight is 357 g/mol. The monoisotopic (exact) mass is 357 g/mol. The first-order valence-electron chi connectivity index (χ1n) is 7.15. The van der Waals surface area contributed by atoms with Gasteiger partial charge in [0.25, 0.3) is 0 Å². The summed E-state index contributed by atoms with van der Waals surface area (Å²) in [6, 6.07) is 6.05. The van der Waals surface area contributed by atoms with Gasteiger partial charge in [-0.2, -0.15) is 18.2 Å². The Labute approximate surface area is 140 Å². The van der Waals surface area contributed by atoms with Crippen molar-refractivity contribution >= 4 is 11.7 Å². The zero-order valence-electron chi connectivity index (χ0n) is 13.3. The minimum atomic E-state index is -4.71. The van der Waals surface area contributed by atoms with Crippen molar-refractivity contribution < 1.29 is 32.1 Å². The molecule has 0 spiro atoms. The number of halogens is 3. The van der Waals surface area contributed by atoms with Gasteiger partial charge in [-0.15, -0.1) is 0 Å². The first kappa shape index (κ1) is 18.6. The van der Waals surface area contributed by atoms with Crippen LogP contribution < -0.4 is 0 Å². The lowest BCUT2D eigenvalue weighted by molar-refractivity contribution is -0.181. The first-order valence-corrected chi connectivity index (χ1v) is 7.15. The zero-order chi connectivity index (χ0) is 18.6. The summed E-state index contributed by atoms with van der Waals surface area (Å²) in [4.78, 5) is 31.4. The summed E-state index contributed by atoms with van der Waals surface area (Å²) in [6.07, 6.45) is -4.66. The second kappa shape index (κ2) is 7.43. The van der Waals surface area contributed by atoms with Crippen molar-refractivity contribution in [3.63, 3.8) is 0 Å². The molecule has 25 heavy (non-hydrogen) atoms. The third kappa shape index (κ3) is 4.41. The molecule has 0 saturated carbocycles. The molecular weight excluding hydrogens is 343 g/mol. The predicted octanol–water partition coefficient (Wildman–Crippen LogP) is 2.62. The maximum Gasteiger partial charge on any atom is 0.471 e. The number of hydrogen-bond donors (Lipinski definition) is 0. The molecule has 0 aliphatic carbocycles. The SMILES string of the molecule is CCC(=O)C(=O)N(Cc1ccc(-c2noc(C(F)(F)F)n2)cc1)OC. The molecule has 10 heteroatoms. The number of alkyl halides is 3. The highest BCUT2D eigenvalue weighted by Crippen LogP contribution is 2.29. The molecular formula is C15H14F3N3O4. The van der Waals surface area contributed by atoms with Gasteiger partial charge in [-0.1, -0.05) is 36.3 Å². The van der Waals surface area contributed by atoms with Crippen LogP contribution in [0.25, 0.3) is 11.4 Å². The van der Waals surface area contributed by atoms with E-state index in [1.54, 1.807) is 19.1 Å². The van der Waals surface area contributed by atoms with Gasteiger partial charge >= 0.3 is 18.0 Å². The number of hydrogen-bond acceptors (Lipinski definition) is 6. The molecule has 2 aromatic rings. The fourth-order valence-electron chi connectivity index (χ4n) is 1.89. The number of hydroxylamine groups is 2. The number of nitrogens with zero attached hydrogens (tertiary/aromatic N) is 3. The Morgan fingerprint density at radius 3 is 2.36 bits per heavy atom. The van der Waals surface area contributed by atoms with Crippen LogP contribution in [-0.4, -0.2) is 34.0 Å². The molecule has 1 aromatic heterocycles. The fraction of sp³-hybridized carbons (Fsp3) is 0.333. The highest BCUT2D eigenvalue weighted by molar-refractivity contribution is 6.35. The van der Waals surface area contributed by atoms with Crippen molar-refractivity contribution in [1.29, 1.82) is 0 Å². The van der Waals surface area contributed by atoms with Gasteiger partial charge in [0, 0.05) is 12.0 Å². The molecule has 134 valence electrons. The van der Waals surface area contributed by atoms with E-state index in [9.17, 15) is 22.8 Å². The van der Waals surface area contributed by atoms with Crippen molar-refractivity contribution in [2.24, 2.45) is 0 Å².